The maximum atomic E-state index is 11.0. The van der Waals surface area contributed by atoms with Gasteiger partial charge in [0.2, 0.25) is 5.91 Å². The number of hydrogen-bond donors (Lipinski definition) is 1. The highest BCUT2D eigenvalue weighted by atomic mass is 16.1. The smallest absolute Gasteiger partial charge is 0.249 e. The van der Waals surface area contributed by atoms with Gasteiger partial charge in [-0.25, -0.2) is 0 Å². The van der Waals surface area contributed by atoms with Crippen LogP contribution in [-0.4, -0.2) is 12.2 Å². The largest absolute Gasteiger partial charge is 0.366 e. The SMILES string of the molecule is NC(=O)c1ccccc1CC#CC=O. The van der Waals surface area contributed by atoms with Gasteiger partial charge in [-0.3, -0.25) is 9.59 Å². The molecule has 1 aromatic carbocycles. The second-order valence-corrected chi connectivity index (χ2v) is 2.64. The molecule has 1 aromatic rings. The molecule has 0 aliphatic rings. The minimum absolute atomic E-state index is 0.359. The molecule has 0 bridgehead atoms. The van der Waals surface area contributed by atoms with Crippen molar-refractivity contribution in [2.45, 2.75) is 6.42 Å². The molecule has 70 valence electrons. The van der Waals surface area contributed by atoms with Gasteiger partial charge >= 0.3 is 0 Å². The minimum Gasteiger partial charge on any atom is -0.366 e. The number of rotatable bonds is 2. The zero-order chi connectivity index (χ0) is 10.4. The van der Waals surface area contributed by atoms with Gasteiger partial charge in [-0.15, -0.1) is 0 Å². The van der Waals surface area contributed by atoms with Gasteiger partial charge in [0.15, 0.2) is 6.29 Å². The summed E-state index contributed by atoms with van der Waals surface area (Å²) in [6.07, 6.45) is 0.880. The van der Waals surface area contributed by atoms with Crippen molar-refractivity contribution in [2.75, 3.05) is 0 Å². The Balaban J connectivity index is 2.95. The van der Waals surface area contributed by atoms with Crippen LogP contribution in [-0.2, 0) is 11.2 Å². The molecule has 3 heteroatoms. The molecule has 0 saturated carbocycles. The molecule has 0 heterocycles. The molecule has 0 saturated heterocycles. The Morgan fingerprint density at radius 3 is 2.79 bits per heavy atom. The fourth-order valence-corrected chi connectivity index (χ4v) is 1.10. The van der Waals surface area contributed by atoms with Gasteiger partial charge in [0.05, 0.1) is 0 Å². The molecule has 1 amide bonds. The predicted octanol–water partition coefficient (Wildman–Crippen LogP) is 0.530. The van der Waals surface area contributed by atoms with Gasteiger partial charge in [0.1, 0.15) is 0 Å². The Bertz CT molecular complexity index is 413. The van der Waals surface area contributed by atoms with E-state index < -0.39 is 5.91 Å². The predicted molar refractivity (Wildman–Crippen MR) is 52.5 cm³/mol. The second kappa shape index (κ2) is 4.83. The standard InChI is InChI=1S/C11H9NO2/c12-11(14)10-7-2-1-5-9(10)6-3-4-8-13/h1-2,5,7-8H,6H2,(H2,12,14). The molecule has 0 spiro atoms. The van der Waals surface area contributed by atoms with Gasteiger partial charge in [-0.1, -0.05) is 24.1 Å². The van der Waals surface area contributed by atoms with Crippen molar-refractivity contribution in [1.82, 2.24) is 0 Å². The Morgan fingerprint density at radius 1 is 1.43 bits per heavy atom. The molecular weight excluding hydrogens is 178 g/mol. The highest BCUT2D eigenvalue weighted by Crippen LogP contribution is 2.07. The van der Waals surface area contributed by atoms with E-state index in [1.165, 1.54) is 0 Å². The lowest BCUT2D eigenvalue weighted by atomic mass is 10.0. The van der Waals surface area contributed by atoms with Gasteiger partial charge in [-0.05, 0) is 17.6 Å². The number of nitrogens with two attached hydrogens (primary N) is 1. The van der Waals surface area contributed by atoms with E-state index in [-0.39, 0.29) is 0 Å². The summed E-state index contributed by atoms with van der Waals surface area (Å²) in [5, 5.41) is 0. The summed E-state index contributed by atoms with van der Waals surface area (Å²) in [6.45, 7) is 0. The fraction of sp³-hybridized carbons (Fsp3) is 0.0909. The second-order valence-electron chi connectivity index (χ2n) is 2.64. The third-order valence-corrected chi connectivity index (χ3v) is 1.72. The number of amides is 1. The molecule has 3 nitrogen and oxygen atoms in total. The average molecular weight is 187 g/mol. The van der Waals surface area contributed by atoms with Crippen molar-refractivity contribution in [2.24, 2.45) is 5.73 Å². The number of aldehydes is 1. The molecule has 0 aromatic heterocycles. The molecule has 0 unspecified atom stereocenters. The first kappa shape index (κ1) is 10.0. The van der Waals surface area contributed by atoms with Gasteiger partial charge in [0.25, 0.3) is 0 Å². The summed E-state index contributed by atoms with van der Waals surface area (Å²) in [6, 6.07) is 6.93. The third kappa shape index (κ3) is 2.46. The van der Waals surface area contributed by atoms with Crippen LogP contribution in [0.25, 0.3) is 0 Å². The molecule has 0 fully saturated rings. The topological polar surface area (TPSA) is 60.2 Å². The first-order valence-electron chi connectivity index (χ1n) is 4.05. The molecular formula is C11H9NO2. The third-order valence-electron chi connectivity index (χ3n) is 1.72. The molecule has 0 aliphatic carbocycles. The van der Waals surface area contributed by atoms with Crippen LogP contribution in [0.4, 0.5) is 0 Å². The average Bonchev–Trinajstić information content (AvgIpc) is 2.19. The number of benzene rings is 1. The Hall–Kier alpha value is -2.08. The van der Waals surface area contributed by atoms with Crippen molar-refractivity contribution in [3.05, 3.63) is 35.4 Å². The maximum Gasteiger partial charge on any atom is 0.249 e. The highest BCUT2D eigenvalue weighted by Gasteiger charge is 2.04. The summed E-state index contributed by atoms with van der Waals surface area (Å²) in [7, 11) is 0. The van der Waals surface area contributed by atoms with E-state index in [1.54, 1.807) is 24.3 Å². The van der Waals surface area contributed by atoms with E-state index in [2.05, 4.69) is 11.8 Å². The molecule has 14 heavy (non-hydrogen) atoms. The number of hydrogen-bond acceptors (Lipinski definition) is 2. The van der Waals surface area contributed by atoms with E-state index >= 15 is 0 Å². The summed E-state index contributed by atoms with van der Waals surface area (Å²) >= 11 is 0. The lowest BCUT2D eigenvalue weighted by molar-refractivity contribution is -0.103. The van der Waals surface area contributed by atoms with Crippen molar-refractivity contribution >= 4 is 12.2 Å². The van der Waals surface area contributed by atoms with E-state index in [4.69, 9.17) is 5.73 Å². The molecule has 0 radical (unpaired) electrons. The van der Waals surface area contributed by atoms with Crippen molar-refractivity contribution < 1.29 is 9.59 Å². The van der Waals surface area contributed by atoms with Gasteiger partial charge < -0.3 is 5.73 Å². The summed E-state index contributed by atoms with van der Waals surface area (Å²) in [5.41, 5.74) is 6.36. The van der Waals surface area contributed by atoms with Crippen LogP contribution in [0.2, 0.25) is 0 Å². The summed E-state index contributed by atoms with van der Waals surface area (Å²) in [5.74, 6) is 4.42. The minimum atomic E-state index is -0.478. The van der Waals surface area contributed by atoms with Crippen molar-refractivity contribution in [3.63, 3.8) is 0 Å². The monoisotopic (exact) mass is 187 g/mol. The number of carbonyl (C=O) groups is 2. The van der Waals surface area contributed by atoms with Crippen LogP contribution in [0.3, 0.4) is 0 Å². The molecule has 0 aliphatic heterocycles. The molecule has 1 rings (SSSR count). The Labute approximate surface area is 81.9 Å². The summed E-state index contributed by atoms with van der Waals surface area (Å²) < 4.78 is 0. The van der Waals surface area contributed by atoms with Crippen LogP contribution in [0, 0.1) is 11.8 Å². The van der Waals surface area contributed by atoms with E-state index in [9.17, 15) is 9.59 Å². The van der Waals surface area contributed by atoms with Crippen molar-refractivity contribution in [1.29, 1.82) is 0 Å². The van der Waals surface area contributed by atoms with E-state index in [0.29, 0.717) is 18.3 Å². The lowest BCUT2D eigenvalue weighted by Crippen LogP contribution is -2.13. The lowest BCUT2D eigenvalue weighted by Gasteiger charge is -2.01. The summed E-state index contributed by atoms with van der Waals surface area (Å²) in [4.78, 5) is 20.9. The Morgan fingerprint density at radius 2 is 2.14 bits per heavy atom. The van der Waals surface area contributed by atoms with Crippen LogP contribution in [0.15, 0.2) is 24.3 Å². The molecule has 2 N–H and O–H groups in total. The van der Waals surface area contributed by atoms with Crippen LogP contribution >= 0.6 is 0 Å². The van der Waals surface area contributed by atoms with E-state index in [1.807, 2.05) is 0 Å². The normalized spacial score (nSPS) is 8.57. The zero-order valence-corrected chi connectivity index (χ0v) is 7.49. The van der Waals surface area contributed by atoms with Gasteiger partial charge in [-0.2, -0.15) is 0 Å². The number of carbonyl (C=O) groups excluding carboxylic acids is 2. The van der Waals surface area contributed by atoms with Gasteiger partial charge in [0, 0.05) is 12.0 Å². The Kier molecular flexibility index (Phi) is 3.45. The molecule has 0 atom stereocenters. The van der Waals surface area contributed by atoms with Crippen LogP contribution < -0.4 is 5.73 Å². The van der Waals surface area contributed by atoms with E-state index in [0.717, 1.165) is 5.56 Å². The fourth-order valence-electron chi connectivity index (χ4n) is 1.10. The number of primary amides is 1. The quantitative estimate of drug-likeness (QED) is 0.542. The van der Waals surface area contributed by atoms with Crippen LogP contribution in [0.5, 0.6) is 0 Å². The maximum absolute atomic E-state index is 11.0. The van der Waals surface area contributed by atoms with Crippen molar-refractivity contribution in [3.8, 4) is 11.8 Å². The zero-order valence-electron chi connectivity index (χ0n) is 7.49. The highest BCUT2D eigenvalue weighted by molar-refractivity contribution is 5.94. The first-order valence-corrected chi connectivity index (χ1v) is 4.05. The van der Waals surface area contributed by atoms with Crippen LogP contribution in [0.1, 0.15) is 15.9 Å². The first-order chi connectivity index (χ1) is 6.75.